The van der Waals surface area contributed by atoms with Gasteiger partial charge in [-0.3, -0.25) is 4.79 Å². The molecule has 3 heteroatoms. The highest BCUT2D eigenvalue weighted by Crippen LogP contribution is 2.27. The van der Waals surface area contributed by atoms with Crippen molar-refractivity contribution in [2.24, 2.45) is 5.92 Å². The standard InChI is InChI=1S/C16H22N2O/c1-12(14-6-2-3-7-14)18-16(19)10-9-13-5-4-8-15(17)11-13/h4-5,8-12,14H,2-3,6-7,17H2,1H3,(H,18,19)/b10-9+. The van der Waals surface area contributed by atoms with Crippen molar-refractivity contribution in [1.29, 1.82) is 0 Å². The summed E-state index contributed by atoms with van der Waals surface area (Å²) in [4.78, 5) is 11.8. The second kappa shape index (κ2) is 6.41. The quantitative estimate of drug-likeness (QED) is 0.644. The van der Waals surface area contributed by atoms with Crippen LogP contribution in [0.5, 0.6) is 0 Å². The molecule has 1 aliphatic carbocycles. The highest BCUT2D eigenvalue weighted by molar-refractivity contribution is 5.92. The van der Waals surface area contributed by atoms with E-state index in [2.05, 4.69) is 12.2 Å². The van der Waals surface area contributed by atoms with E-state index in [1.165, 1.54) is 25.7 Å². The number of anilines is 1. The SMILES string of the molecule is CC(NC(=O)/C=C/c1cccc(N)c1)C1CCCC1. The molecule has 1 aromatic carbocycles. The Morgan fingerprint density at radius 1 is 1.42 bits per heavy atom. The number of hydrogen-bond donors (Lipinski definition) is 2. The monoisotopic (exact) mass is 258 g/mol. The van der Waals surface area contributed by atoms with E-state index in [-0.39, 0.29) is 11.9 Å². The summed E-state index contributed by atoms with van der Waals surface area (Å²) in [7, 11) is 0. The average molecular weight is 258 g/mol. The lowest BCUT2D eigenvalue weighted by Crippen LogP contribution is -2.36. The van der Waals surface area contributed by atoms with E-state index in [4.69, 9.17) is 5.73 Å². The van der Waals surface area contributed by atoms with Crippen LogP contribution in [0.4, 0.5) is 5.69 Å². The van der Waals surface area contributed by atoms with E-state index in [1.54, 1.807) is 12.2 Å². The van der Waals surface area contributed by atoms with Gasteiger partial charge in [-0.15, -0.1) is 0 Å². The van der Waals surface area contributed by atoms with Gasteiger partial charge in [0.05, 0.1) is 0 Å². The zero-order chi connectivity index (χ0) is 13.7. The molecule has 3 N–H and O–H groups in total. The molecule has 1 fully saturated rings. The zero-order valence-electron chi connectivity index (χ0n) is 11.4. The highest BCUT2D eigenvalue weighted by atomic mass is 16.1. The Morgan fingerprint density at radius 2 is 2.16 bits per heavy atom. The Labute approximate surface area is 114 Å². The van der Waals surface area contributed by atoms with Crippen molar-refractivity contribution < 1.29 is 4.79 Å². The molecule has 1 amide bonds. The highest BCUT2D eigenvalue weighted by Gasteiger charge is 2.21. The maximum absolute atomic E-state index is 11.8. The minimum Gasteiger partial charge on any atom is -0.399 e. The summed E-state index contributed by atoms with van der Waals surface area (Å²) < 4.78 is 0. The van der Waals surface area contributed by atoms with E-state index in [9.17, 15) is 4.79 Å². The van der Waals surface area contributed by atoms with Crippen LogP contribution >= 0.6 is 0 Å². The van der Waals surface area contributed by atoms with Crippen molar-refractivity contribution in [1.82, 2.24) is 5.32 Å². The van der Waals surface area contributed by atoms with Crippen LogP contribution in [-0.2, 0) is 4.79 Å². The molecule has 1 saturated carbocycles. The fourth-order valence-electron chi connectivity index (χ4n) is 2.68. The number of rotatable bonds is 4. The number of carbonyl (C=O) groups excluding carboxylic acids is 1. The van der Waals surface area contributed by atoms with Crippen molar-refractivity contribution in [2.45, 2.75) is 38.6 Å². The first-order chi connectivity index (χ1) is 9.15. The van der Waals surface area contributed by atoms with Crippen LogP contribution in [0.25, 0.3) is 6.08 Å². The molecule has 0 spiro atoms. The lowest BCUT2D eigenvalue weighted by molar-refractivity contribution is -0.117. The molecule has 0 aromatic heterocycles. The molecule has 1 atom stereocenters. The van der Waals surface area contributed by atoms with Crippen molar-refractivity contribution in [3.05, 3.63) is 35.9 Å². The van der Waals surface area contributed by atoms with Crippen LogP contribution in [-0.4, -0.2) is 11.9 Å². The first-order valence-electron chi connectivity index (χ1n) is 6.99. The zero-order valence-corrected chi connectivity index (χ0v) is 11.4. The number of carbonyl (C=O) groups is 1. The topological polar surface area (TPSA) is 55.1 Å². The van der Waals surface area contributed by atoms with Crippen molar-refractivity contribution in [3.63, 3.8) is 0 Å². The molecule has 1 aliphatic rings. The Morgan fingerprint density at radius 3 is 2.84 bits per heavy atom. The fourth-order valence-corrected chi connectivity index (χ4v) is 2.68. The fraction of sp³-hybridized carbons (Fsp3) is 0.438. The summed E-state index contributed by atoms with van der Waals surface area (Å²) in [5, 5.41) is 3.05. The van der Waals surface area contributed by atoms with Crippen molar-refractivity contribution >= 4 is 17.7 Å². The molecule has 0 bridgehead atoms. The molecule has 0 saturated heterocycles. The lowest BCUT2D eigenvalue weighted by Gasteiger charge is -2.19. The predicted molar refractivity (Wildman–Crippen MR) is 79.5 cm³/mol. The van der Waals surface area contributed by atoms with E-state index >= 15 is 0 Å². The van der Waals surface area contributed by atoms with Crippen LogP contribution in [0.2, 0.25) is 0 Å². The maximum Gasteiger partial charge on any atom is 0.244 e. The number of hydrogen-bond acceptors (Lipinski definition) is 2. The number of nitrogen functional groups attached to an aromatic ring is 1. The van der Waals surface area contributed by atoms with E-state index in [1.807, 2.05) is 24.3 Å². The van der Waals surface area contributed by atoms with Crippen molar-refractivity contribution in [2.75, 3.05) is 5.73 Å². The Balaban J connectivity index is 1.86. The second-order valence-corrected chi connectivity index (χ2v) is 5.35. The molecule has 1 unspecified atom stereocenters. The second-order valence-electron chi connectivity index (χ2n) is 5.35. The third kappa shape index (κ3) is 4.12. The van der Waals surface area contributed by atoms with E-state index in [0.717, 1.165) is 5.56 Å². The van der Waals surface area contributed by atoms with E-state index < -0.39 is 0 Å². The summed E-state index contributed by atoms with van der Waals surface area (Å²) in [5.74, 6) is 0.617. The molecule has 0 radical (unpaired) electrons. The first kappa shape index (κ1) is 13.7. The van der Waals surface area contributed by atoms with Gasteiger partial charge in [0.1, 0.15) is 0 Å². The minimum absolute atomic E-state index is 0.0261. The molecule has 1 aromatic rings. The predicted octanol–water partition coefficient (Wildman–Crippen LogP) is 2.98. The first-order valence-corrected chi connectivity index (χ1v) is 6.99. The van der Waals surface area contributed by atoms with Gasteiger partial charge in [0.15, 0.2) is 0 Å². The smallest absolute Gasteiger partial charge is 0.244 e. The lowest BCUT2D eigenvalue weighted by atomic mass is 10.00. The number of nitrogens with two attached hydrogens (primary N) is 1. The van der Waals surface area contributed by atoms with Gasteiger partial charge in [-0.2, -0.15) is 0 Å². The van der Waals surface area contributed by atoms with Gasteiger partial charge in [0, 0.05) is 17.8 Å². The van der Waals surface area contributed by atoms with Gasteiger partial charge in [-0.05, 0) is 49.5 Å². The number of nitrogens with one attached hydrogen (secondary N) is 1. The molecule has 0 aliphatic heterocycles. The molecular weight excluding hydrogens is 236 g/mol. The average Bonchev–Trinajstić information content (AvgIpc) is 2.90. The van der Waals surface area contributed by atoms with Crippen LogP contribution in [0.15, 0.2) is 30.3 Å². The Hall–Kier alpha value is -1.77. The molecule has 102 valence electrons. The summed E-state index contributed by atoms with van der Waals surface area (Å²) in [6.45, 7) is 2.10. The molecule has 0 heterocycles. The molecule has 3 nitrogen and oxygen atoms in total. The van der Waals surface area contributed by atoms with Gasteiger partial charge >= 0.3 is 0 Å². The largest absolute Gasteiger partial charge is 0.399 e. The van der Waals surface area contributed by atoms with Gasteiger partial charge in [-0.25, -0.2) is 0 Å². The van der Waals surface area contributed by atoms with Gasteiger partial charge < -0.3 is 11.1 Å². The van der Waals surface area contributed by atoms with Crippen LogP contribution in [0, 0.1) is 5.92 Å². The third-order valence-corrected chi connectivity index (χ3v) is 3.81. The maximum atomic E-state index is 11.8. The summed E-state index contributed by atoms with van der Waals surface area (Å²) >= 11 is 0. The Bertz CT molecular complexity index is 462. The van der Waals surface area contributed by atoms with E-state index in [0.29, 0.717) is 11.6 Å². The van der Waals surface area contributed by atoms with Gasteiger partial charge in [0.25, 0.3) is 0 Å². The number of benzene rings is 1. The van der Waals surface area contributed by atoms with Crippen molar-refractivity contribution in [3.8, 4) is 0 Å². The summed E-state index contributed by atoms with van der Waals surface area (Å²) in [5.41, 5.74) is 7.35. The normalized spacial score (nSPS) is 17.7. The summed E-state index contributed by atoms with van der Waals surface area (Å²) in [6, 6.07) is 7.76. The third-order valence-electron chi connectivity index (χ3n) is 3.81. The Kier molecular flexibility index (Phi) is 4.61. The number of amides is 1. The van der Waals surface area contributed by atoms with Gasteiger partial charge in [-0.1, -0.05) is 25.0 Å². The molecule has 2 rings (SSSR count). The van der Waals surface area contributed by atoms with Gasteiger partial charge in [0.2, 0.25) is 5.91 Å². The van der Waals surface area contributed by atoms with Crippen LogP contribution < -0.4 is 11.1 Å². The van der Waals surface area contributed by atoms with Crippen LogP contribution in [0.1, 0.15) is 38.2 Å². The summed E-state index contributed by atoms with van der Waals surface area (Å²) in [6.07, 6.45) is 8.45. The molecule has 19 heavy (non-hydrogen) atoms. The van der Waals surface area contributed by atoms with Crippen LogP contribution in [0.3, 0.4) is 0 Å². The molecular formula is C16H22N2O. The minimum atomic E-state index is -0.0261.